The van der Waals surface area contributed by atoms with Crippen molar-refractivity contribution in [3.05, 3.63) is 29.8 Å². The van der Waals surface area contributed by atoms with Crippen LogP contribution < -0.4 is 10.2 Å². The highest BCUT2D eigenvalue weighted by molar-refractivity contribution is 5.99. The highest BCUT2D eigenvalue weighted by Crippen LogP contribution is 2.35. The molecule has 0 spiro atoms. The molecule has 8 nitrogen and oxygen atoms in total. The van der Waals surface area contributed by atoms with Gasteiger partial charge in [-0.3, -0.25) is 19.3 Å². The van der Waals surface area contributed by atoms with Crippen LogP contribution in [0, 0.1) is 11.3 Å². The van der Waals surface area contributed by atoms with Crippen LogP contribution in [0.25, 0.3) is 0 Å². The molecule has 3 aliphatic rings. The molecule has 3 fully saturated rings. The first-order chi connectivity index (χ1) is 17.6. The maximum absolute atomic E-state index is 13.8. The summed E-state index contributed by atoms with van der Waals surface area (Å²) in [7, 11) is 0. The summed E-state index contributed by atoms with van der Waals surface area (Å²) >= 11 is 0. The minimum atomic E-state index is -0.705. The quantitative estimate of drug-likeness (QED) is 0.577. The zero-order valence-electron chi connectivity index (χ0n) is 23.2. The number of rotatable bonds is 8. The SMILES string of the molecule is CCCN1CCN(c2ccc(C(=O)NC(CC(C)(C)C)C(=O)N3C[C@H](CC)[C@H]4OCC(=O)[C@H]43)cc2)CC1. The fourth-order valence-electron chi connectivity index (χ4n) is 5.97. The van der Waals surface area contributed by atoms with Crippen molar-refractivity contribution in [1.29, 1.82) is 0 Å². The second kappa shape index (κ2) is 11.5. The molecule has 1 unspecified atom stereocenters. The van der Waals surface area contributed by atoms with Crippen molar-refractivity contribution in [2.75, 3.05) is 50.8 Å². The Labute approximate surface area is 221 Å². The second-order valence-electron chi connectivity index (χ2n) is 12.0. The van der Waals surface area contributed by atoms with E-state index in [0.29, 0.717) is 18.5 Å². The topological polar surface area (TPSA) is 82.2 Å². The molecule has 3 saturated heterocycles. The molecule has 1 aromatic carbocycles. The molecule has 1 aromatic rings. The van der Waals surface area contributed by atoms with Crippen LogP contribution in [0.15, 0.2) is 24.3 Å². The molecule has 0 radical (unpaired) electrons. The van der Waals surface area contributed by atoms with E-state index in [4.69, 9.17) is 4.74 Å². The molecule has 1 N–H and O–H groups in total. The number of likely N-dealkylation sites (tertiary alicyclic amines) is 1. The number of fused-ring (bicyclic) bond motifs is 1. The highest BCUT2D eigenvalue weighted by atomic mass is 16.5. The number of carbonyl (C=O) groups is 3. The van der Waals surface area contributed by atoms with Gasteiger partial charge in [-0.15, -0.1) is 0 Å². The Balaban J connectivity index is 1.44. The average Bonchev–Trinajstić information content (AvgIpc) is 3.43. The van der Waals surface area contributed by atoms with E-state index >= 15 is 0 Å². The Bertz CT molecular complexity index is 965. The molecule has 2 amide bonds. The van der Waals surface area contributed by atoms with E-state index in [2.05, 4.69) is 49.7 Å². The van der Waals surface area contributed by atoms with Gasteiger partial charge < -0.3 is 19.9 Å². The van der Waals surface area contributed by atoms with Gasteiger partial charge in [-0.25, -0.2) is 0 Å². The fourth-order valence-corrected chi connectivity index (χ4v) is 5.97. The summed E-state index contributed by atoms with van der Waals surface area (Å²) in [5, 5.41) is 3.01. The molecule has 0 bridgehead atoms. The normalized spacial score (nSPS) is 25.3. The lowest BCUT2D eigenvalue weighted by molar-refractivity contribution is -0.138. The van der Waals surface area contributed by atoms with E-state index in [-0.39, 0.29) is 41.6 Å². The fraction of sp³-hybridized carbons (Fsp3) is 0.690. The van der Waals surface area contributed by atoms with Gasteiger partial charge in [0, 0.05) is 49.9 Å². The molecule has 4 rings (SSSR count). The molecule has 0 saturated carbocycles. The number of benzene rings is 1. The van der Waals surface area contributed by atoms with Crippen LogP contribution in [0.4, 0.5) is 5.69 Å². The number of nitrogens with one attached hydrogen (secondary N) is 1. The molecular formula is C29H44N4O4. The van der Waals surface area contributed by atoms with Gasteiger partial charge in [0.1, 0.15) is 18.7 Å². The zero-order chi connectivity index (χ0) is 26.7. The Morgan fingerprint density at radius 2 is 1.76 bits per heavy atom. The molecule has 37 heavy (non-hydrogen) atoms. The maximum atomic E-state index is 13.8. The van der Waals surface area contributed by atoms with Crippen LogP contribution in [-0.2, 0) is 14.3 Å². The number of hydrogen-bond donors (Lipinski definition) is 1. The number of hydrogen-bond acceptors (Lipinski definition) is 6. The molecule has 3 heterocycles. The summed E-state index contributed by atoms with van der Waals surface area (Å²) < 4.78 is 5.75. The first-order valence-electron chi connectivity index (χ1n) is 13.9. The van der Waals surface area contributed by atoms with Crippen LogP contribution in [-0.4, -0.2) is 91.5 Å². The van der Waals surface area contributed by atoms with E-state index in [1.807, 2.05) is 24.3 Å². The number of ketones is 1. The Morgan fingerprint density at radius 3 is 2.35 bits per heavy atom. The molecule has 0 aliphatic carbocycles. The number of amides is 2. The van der Waals surface area contributed by atoms with Gasteiger partial charge in [-0.05, 0) is 55.5 Å². The molecule has 3 aliphatic heterocycles. The summed E-state index contributed by atoms with van der Waals surface area (Å²) in [6.45, 7) is 16.2. The third-order valence-electron chi connectivity index (χ3n) is 7.92. The van der Waals surface area contributed by atoms with Gasteiger partial charge in [0.25, 0.3) is 5.91 Å². The average molecular weight is 513 g/mol. The summed E-state index contributed by atoms with van der Waals surface area (Å²) in [5.41, 5.74) is 1.46. The van der Waals surface area contributed by atoms with Gasteiger partial charge in [-0.2, -0.15) is 0 Å². The monoisotopic (exact) mass is 512 g/mol. The number of carbonyl (C=O) groups excluding carboxylic acids is 3. The van der Waals surface area contributed by atoms with E-state index in [1.165, 1.54) is 6.42 Å². The molecule has 4 atom stereocenters. The summed E-state index contributed by atoms with van der Waals surface area (Å²) in [6.07, 6.45) is 2.26. The largest absolute Gasteiger partial charge is 0.369 e. The lowest BCUT2D eigenvalue weighted by Gasteiger charge is -2.36. The van der Waals surface area contributed by atoms with Crippen molar-refractivity contribution < 1.29 is 19.1 Å². The number of nitrogens with zero attached hydrogens (tertiary/aromatic N) is 3. The van der Waals surface area contributed by atoms with Crippen LogP contribution in [0.2, 0.25) is 0 Å². The number of piperazine rings is 1. The Morgan fingerprint density at radius 1 is 1.08 bits per heavy atom. The van der Waals surface area contributed by atoms with Gasteiger partial charge in [-0.1, -0.05) is 34.6 Å². The Hall–Kier alpha value is -2.45. The molecule has 0 aromatic heterocycles. The minimum Gasteiger partial charge on any atom is -0.369 e. The van der Waals surface area contributed by atoms with E-state index in [0.717, 1.165) is 44.8 Å². The van der Waals surface area contributed by atoms with Crippen LogP contribution in [0.5, 0.6) is 0 Å². The Kier molecular flexibility index (Phi) is 8.59. The smallest absolute Gasteiger partial charge is 0.251 e. The van der Waals surface area contributed by atoms with Crippen molar-refractivity contribution in [3.63, 3.8) is 0 Å². The van der Waals surface area contributed by atoms with E-state index < -0.39 is 12.1 Å². The van der Waals surface area contributed by atoms with Crippen molar-refractivity contribution in [2.24, 2.45) is 11.3 Å². The highest BCUT2D eigenvalue weighted by Gasteiger charge is 2.52. The lowest BCUT2D eigenvalue weighted by atomic mass is 9.87. The summed E-state index contributed by atoms with van der Waals surface area (Å²) in [6, 6.07) is 6.44. The van der Waals surface area contributed by atoms with Crippen molar-refractivity contribution in [1.82, 2.24) is 15.1 Å². The molecule has 204 valence electrons. The summed E-state index contributed by atoms with van der Waals surface area (Å²) in [5.74, 6) is -0.350. The van der Waals surface area contributed by atoms with E-state index in [1.54, 1.807) is 4.90 Å². The number of Topliss-reactive ketones (excluding diaryl/α,β-unsaturated/α-hetero) is 1. The predicted molar refractivity (Wildman–Crippen MR) is 145 cm³/mol. The molecule has 8 heteroatoms. The third kappa shape index (κ3) is 6.34. The van der Waals surface area contributed by atoms with E-state index in [9.17, 15) is 14.4 Å². The maximum Gasteiger partial charge on any atom is 0.251 e. The van der Waals surface area contributed by atoms with Crippen LogP contribution >= 0.6 is 0 Å². The first kappa shape index (κ1) is 27.6. The lowest BCUT2D eigenvalue weighted by Crippen LogP contribution is -2.53. The van der Waals surface area contributed by atoms with Gasteiger partial charge in [0.15, 0.2) is 5.78 Å². The van der Waals surface area contributed by atoms with Gasteiger partial charge >= 0.3 is 0 Å². The van der Waals surface area contributed by atoms with Crippen LogP contribution in [0.1, 0.15) is 64.2 Å². The van der Waals surface area contributed by atoms with Gasteiger partial charge in [0.2, 0.25) is 5.91 Å². The standard InChI is InChI=1S/C29H44N4O4/c1-6-12-31-13-15-32(16-14-31)22-10-8-21(9-11-22)27(35)30-23(17-29(3,4)5)28(36)33-18-20(7-2)26-25(33)24(34)19-37-26/h8-11,20,23,25-26H,6-7,12-19H2,1-5H3,(H,30,35)/t20-,23?,25+,26+/m0/s1. The second-order valence-corrected chi connectivity index (χ2v) is 12.0. The number of anilines is 1. The predicted octanol–water partition coefficient (Wildman–Crippen LogP) is 2.96. The zero-order valence-corrected chi connectivity index (χ0v) is 23.2. The van der Waals surface area contributed by atoms with Crippen LogP contribution in [0.3, 0.4) is 0 Å². The summed E-state index contributed by atoms with van der Waals surface area (Å²) in [4.78, 5) is 46.1. The van der Waals surface area contributed by atoms with Gasteiger partial charge in [0.05, 0.1) is 6.10 Å². The molecular weight excluding hydrogens is 468 g/mol. The first-order valence-corrected chi connectivity index (χ1v) is 13.9. The van der Waals surface area contributed by atoms with Crippen molar-refractivity contribution in [2.45, 2.75) is 72.1 Å². The van der Waals surface area contributed by atoms with Crippen molar-refractivity contribution in [3.8, 4) is 0 Å². The number of ether oxygens (including phenoxy) is 1. The van der Waals surface area contributed by atoms with Crippen molar-refractivity contribution >= 4 is 23.3 Å². The minimum absolute atomic E-state index is 0.0405. The third-order valence-corrected chi connectivity index (χ3v) is 7.92.